The van der Waals surface area contributed by atoms with E-state index in [2.05, 4.69) is 12.2 Å². The van der Waals surface area contributed by atoms with Crippen molar-refractivity contribution < 1.29 is 24.5 Å². The van der Waals surface area contributed by atoms with Gasteiger partial charge in [0.2, 0.25) is 5.91 Å². The number of amides is 1. The number of aliphatic hydroxyl groups is 2. The number of thiophene rings is 1. The average molecular weight is 605 g/mol. The van der Waals surface area contributed by atoms with Crippen LogP contribution in [0.25, 0.3) is 11.1 Å². The molecule has 1 aliphatic carbocycles. The lowest BCUT2D eigenvalue weighted by Crippen LogP contribution is -2.45. The molecule has 0 radical (unpaired) electrons. The maximum absolute atomic E-state index is 13.1. The number of hydrogen-bond acceptors (Lipinski definition) is 6. The van der Waals surface area contributed by atoms with Crippen molar-refractivity contribution in [1.82, 2.24) is 5.32 Å². The van der Waals surface area contributed by atoms with Crippen molar-refractivity contribution in [3.63, 3.8) is 0 Å². The molecule has 0 saturated heterocycles. The third kappa shape index (κ3) is 8.09. The summed E-state index contributed by atoms with van der Waals surface area (Å²) in [4.78, 5) is 25.8. The number of esters is 1. The lowest BCUT2D eigenvalue weighted by Gasteiger charge is -2.29. The highest BCUT2D eigenvalue weighted by atomic mass is 35.5. The molecule has 1 aliphatic rings. The van der Waals surface area contributed by atoms with Crippen LogP contribution in [-0.4, -0.2) is 53.8 Å². The van der Waals surface area contributed by atoms with Gasteiger partial charge in [0.15, 0.2) is 0 Å². The van der Waals surface area contributed by atoms with Crippen LogP contribution in [0.1, 0.15) is 66.1 Å². The lowest BCUT2D eigenvalue weighted by atomic mass is 9.91. The van der Waals surface area contributed by atoms with Gasteiger partial charge in [-0.1, -0.05) is 36.5 Å². The highest BCUT2D eigenvalue weighted by Gasteiger charge is 2.32. The second-order valence-electron chi connectivity index (χ2n) is 10.2. The number of alkyl halides is 1. The first-order valence-electron chi connectivity index (χ1n) is 13.0. The molecule has 10 heteroatoms. The zero-order valence-corrected chi connectivity index (χ0v) is 24.9. The number of aryl methyl sites for hydroxylation is 2. The number of hydrogen-bond donors (Lipinski definition) is 3. The van der Waals surface area contributed by atoms with Gasteiger partial charge in [0.1, 0.15) is 11.5 Å². The molecule has 38 heavy (non-hydrogen) atoms. The SMILES string of the molecule is CCCc1sc(C(=O)OCC(CO)(CO)CNC(C)=O)cc1-c1c(Cl)cc(Cl)cc1CCC1CCC(Cl)C1. The van der Waals surface area contributed by atoms with E-state index in [1.165, 1.54) is 18.3 Å². The number of carbonyl (C=O) groups is 2. The molecule has 3 rings (SSSR count). The molecule has 1 amide bonds. The van der Waals surface area contributed by atoms with Crippen LogP contribution in [0.5, 0.6) is 0 Å². The van der Waals surface area contributed by atoms with Crippen molar-refractivity contribution in [2.24, 2.45) is 11.3 Å². The van der Waals surface area contributed by atoms with Gasteiger partial charge < -0.3 is 20.3 Å². The van der Waals surface area contributed by atoms with Gasteiger partial charge in [-0.05, 0) is 73.8 Å². The van der Waals surface area contributed by atoms with Gasteiger partial charge in [0, 0.05) is 34.3 Å². The summed E-state index contributed by atoms with van der Waals surface area (Å²) < 4.78 is 5.53. The third-order valence-corrected chi connectivity index (χ3v) is 9.17. The first-order valence-corrected chi connectivity index (χ1v) is 15.0. The van der Waals surface area contributed by atoms with Crippen molar-refractivity contribution in [2.45, 2.75) is 64.2 Å². The summed E-state index contributed by atoms with van der Waals surface area (Å²) in [6.45, 7) is 2.24. The number of rotatable bonds is 13. The minimum atomic E-state index is -1.18. The Balaban J connectivity index is 1.87. The first-order chi connectivity index (χ1) is 18.1. The van der Waals surface area contributed by atoms with Crippen LogP contribution in [-0.2, 0) is 22.4 Å². The van der Waals surface area contributed by atoms with Gasteiger partial charge >= 0.3 is 5.97 Å². The Labute approximate surface area is 243 Å². The van der Waals surface area contributed by atoms with Gasteiger partial charge in [-0.3, -0.25) is 4.79 Å². The molecule has 1 aromatic heterocycles. The monoisotopic (exact) mass is 603 g/mol. The van der Waals surface area contributed by atoms with Crippen LogP contribution in [0.4, 0.5) is 0 Å². The number of carbonyl (C=O) groups excluding carboxylic acids is 2. The van der Waals surface area contributed by atoms with Crippen molar-refractivity contribution in [3.05, 3.63) is 43.6 Å². The normalized spacial score (nSPS) is 17.6. The quantitative estimate of drug-likeness (QED) is 0.185. The predicted octanol–water partition coefficient (Wildman–Crippen LogP) is 6.28. The van der Waals surface area contributed by atoms with E-state index in [-0.39, 0.29) is 24.4 Å². The van der Waals surface area contributed by atoms with E-state index in [1.54, 1.807) is 6.07 Å². The summed E-state index contributed by atoms with van der Waals surface area (Å²) in [5.74, 6) is -0.291. The number of benzene rings is 1. The van der Waals surface area contributed by atoms with Crippen molar-refractivity contribution >= 4 is 58.0 Å². The zero-order chi connectivity index (χ0) is 27.9. The smallest absolute Gasteiger partial charge is 0.348 e. The van der Waals surface area contributed by atoms with E-state index in [0.717, 1.165) is 66.5 Å². The highest BCUT2D eigenvalue weighted by Crippen LogP contribution is 2.42. The largest absolute Gasteiger partial charge is 0.461 e. The van der Waals surface area contributed by atoms with Gasteiger partial charge in [-0.25, -0.2) is 4.79 Å². The molecule has 0 spiro atoms. The van der Waals surface area contributed by atoms with Crippen LogP contribution in [0.3, 0.4) is 0 Å². The van der Waals surface area contributed by atoms with Gasteiger partial charge in [0.25, 0.3) is 0 Å². The van der Waals surface area contributed by atoms with Crippen molar-refractivity contribution in [2.75, 3.05) is 26.4 Å². The van der Waals surface area contributed by atoms with E-state index in [1.807, 2.05) is 12.1 Å². The number of halogens is 3. The Morgan fingerprint density at radius 1 is 1.16 bits per heavy atom. The Kier molecular flexibility index (Phi) is 11.8. The summed E-state index contributed by atoms with van der Waals surface area (Å²) in [6, 6.07) is 5.51. The van der Waals surface area contributed by atoms with E-state index >= 15 is 0 Å². The molecule has 0 bridgehead atoms. The predicted molar refractivity (Wildman–Crippen MR) is 155 cm³/mol. The molecule has 2 unspecified atom stereocenters. The average Bonchev–Trinajstić information content (AvgIpc) is 3.49. The highest BCUT2D eigenvalue weighted by molar-refractivity contribution is 7.14. The Hall–Kier alpha value is -1.35. The van der Waals surface area contributed by atoms with Crippen LogP contribution in [0.2, 0.25) is 10.0 Å². The van der Waals surface area contributed by atoms with Crippen LogP contribution in [0, 0.1) is 11.3 Å². The molecule has 1 aromatic carbocycles. The number of nitrogens with one attached hydrogen (secondary N) is 1. The fourth-order valence-electron chi connectivity index (χ4n) is 4.82. The lowest BCUT2D eigenvalue weighted by molar-refractivity contribution is -0.120. The minimum absolute atomic E-state index is 0.0193. The van der Waals surface area contributed by atoms with E-state index in [0.29, 0.717) is 20.8 Å². The Morgan fingerprint density at radius 3 is 2.50 bits per heavy atom. The number of aliphatic hydroxyl groups excluding tert-OH is 2. The van der Waals surface area contributed by atoms with E-state index < -0.39 is 24.6 Å². The fraction of sp³-hybridized carbons (Fsp3) is 0.571. The van der Waals surface area contributed by atoms with Crippen LogP contribution in [0.15, 0.2) is 18.2 Å². The van der Waals surface area contributed by atoms with Crippen molar-refractivity contribution in [3.8, 4) is 11.1 Å². The molecule has 210 valence electrons. The Bertz CT molecular complexity index is 1120. The van der Waals surface area contributed by atoms with E-state index in [4.69, 9.17) is 39.5 Å². The van der Waals surface area contributed by atoms with Crippen LogP contribution < -0.4 is 5.32 Å². The van der Waals surface area contributed by atoms with E-state index in [9.17, 15) is 19.8 Å². The molecule has 2 aromatic rings. The summed E-state index contributed by atoms with van der Waals surface area (Å²) in [5.41, 5.74) is 1.66. The molecule has 3 N–H and O–H groups in total. The molecular formula is C28H36Cl3NO5S. The molecule has 1 fully saturated rings. The zero-order valence-electron chi connectivity index (χ0n) is 21.8. The Morgan fingerprint density at radius 2 is 1.89 bits per heavy atom. The standard InChI is InChI=1S/C28H36Cl3NO5S/c1-3-4-24-22(12-25(38-24)27(36)37-16-28(14-33,15-34)13-32-17(2)35)26-19(10-21(30)11-23(26)31)7-5-18-6-8-20(29)9-18/h10-12,18,20,33-34H,3-9,13-16H2,1-2H3,(H,32,35). The van der Waals surface area contributed by atoms with Crippen molar-refractivity contribution in [1.29, 1.82) is 0 Å². The molecule has 0 aliphatic heterocycles. The van der Waals surface area contributed by atoms with Crippen LogP contribution >= 0.6 is 46.1 Å². The topological polar surface area (TPSA) is 95.9 Å². The maximum atomic E-state index is 13.1. The summed E-state index contributed by atoms with van der Waals surface area (Å²) in [5, 5.41) is 23.6. The molecule has 6 nitrogen and oxygen atoms in total. The second kappa shape index (κ2) is 14.3. The molecule has 2 atom stereocenters. The minimum Gasteiger partial charge on any atom is -0.461 e. The summed E-state index contributed by atoms with van der Waals surface area (Å²) >= 11 is 20.8. The first kappa shape index (κ1) is 31.2. The summed E-state index contributed by atoms with van der Waals surface area (Å²) in [7, 11) is 0. The summed E-state index contributed by atoms with van der Waals surface area (Å²) in [6.07, 6.45) is 6.64. The number of ether oxygens (including phenoxy) is 1. The van der Waals surface area contributed by atoms with Gasteiger partial charge in [0.05, 0.1) is 23.7 Å². The third-order valence-electron chi connectivity index (χ3n) is 7.09. The molecule has 1 heterocycles. The molecular weight excluding hydrogens is 569 g/mol. The second-order valence-corrected chi connectivity index (χ2v) is 12.8. The van der Waals surface area contributed by atoms with Gasteiger partial charge in [-0.15, -0.1) is 22.9 Å². The van der Waals surface area contributed by atoms with Gasteiger partial charge in [-0.2, -0.15) is 0 Å². The maximum Gasteiger partial charge on any atom is 0.348 e. The fourth-order valence-corrected chi connectivity index (χ4v) is 7.00. The molecule has 1 saturated carbocycles.